The van der Waals surface area contributed by atoms with Gasteiger partial charge < -0.3 is 15.9 Å². The Morgan fingerprint density at radius 2 is 1.92 bits per heavy atom. The molecule has 1 aromatic rings. The van der Waals surface area contributed by atoms with Gasteiger partial charge in [0.15, 0.2) is 0 Å². The molecule has 4 heteroatoms. The lowest BCUT2D eigenvalue weighted by Crippen LogP contribution is -2.12. The number of nitrogen functional groups attached to an aromatic ring is 1. The molecule has 0 aromatic heterocycles. The molecule has 0 fully saturated rings. The van der Waals surface area contributed by atoms with Crippen LogP contribution >= 0.6 is 0 Å². The molecule has 0 aliphatic carbocycles. The summed E-state index contributed by atoms with van der Waals surface area (Å²) in [5.41, 5.74) is 6.20. The van der Waals surface area contributed by atoms with Gasteiger partial charge in [0.25, 0.3) is 0 Å². The van der Waals surface area contributed by atoms with E-state index >= 15 is 0 Å². The van der Waals surface area contributed by atoms with Gasteiger partial charge in [-0.2, -0.15) is 0 Å². The molecule has 68 valence electrons. The molecule has 1 aromatic carbocycles. The minimum atomic E-state index is -0.118. The predicted octanol–water partition coefficient (Wildman–Crippen LogP) is 0.597. The summed E-state index contributed by atoms with van der Waals surface area (Å²) in [7, 11) is 5.50. The molecule has 1 rings (SSSR count). The number of phenolic OH excluding ortho intramolecular Hbond substituents is 2. The van der Waals surface area contributed by atoms with Crippen molar-refractivity contribution in [3.8, 4) is 11.5 Å². The SMILES string of the molecule is [B]c1c(N)cc(O)c(C(C)C)c1O. The van der Waals surface area contributed by atoms with Crippen molar-refractivity contribution >= 4 is 19.0 Å². The fourth-order valence-electron chi connectivity index (χ4n) is 1.28. The topological polar surface area (TPSA) is 66.5 Å². The van der Waals surface area contributed by atoms with Crippen LogP contribution in [0, 0.1) is 0 Å². The highest BCUT2D eigenvalue weighted by atomic mass is 16.3. The molecule has 0 bridgehead atoms. The number of rotatable bonds is 1. The summed E-state index contributed by atoms with van der Waals surface area (Å²) in [5, 5.41) is 19.0. The Labute approximate surface area is 78.6 Å². The lowest BCUT2D eigenvalue weighted by Gasteiger charge is -2.14. The van der Waals surface area contributed by atoms with Crippen molar-refractivity contribution in [3.05, 3.63) is 11.6 Å². The molecule has 0 unspecified atom stereocenters. The summed E-state index contributed by atoms with van der Waals surface area (Å²) >= 11 is 0. The van der Waals surface area contributed by atoms with Crippen LogP contribution in [0.1, 0.15) is 25.3 Å². The first-order valence-corrected chi connectivity index (χ1v) is 4.05. The molecule has 4 N–H and O–H groups in total. The molecule has 0 amide bonds. The average Bonchev–Trinajstić information content (AvgIpc) is 1.99. The maximum Gasteiger partial charge on any atom is 0.124 e. The van der Waals surface area contributed by atoms with Crippen LogP contribution in [-0.4, -0.2) is 18.1 Å². The molecule has 0 saturated carbocycles. The van der Waals surface area contributed by atoms with E-state index in [2.05, 4.69) is 0 Å². The van der Waals surface area contributed by atoms with Gasteiger partial charge in [-0.25, -0.2) is 0 Å². The van der Waals surface area contributed by atoms with E-state index in [1.807, 2.05) is 13.8 Å². The van der Waals surface area contributed by atoms with Crippen LogP contribution in [0.15, 0.2) is 6.07 Å². The lowest BCUT2D eigenvalue weighted by atomic mass is 9.87. The number of nitrogens with two attached hydrogens (primary N) is 1. The zero-order chi connectivity index (χ0) is 10.2. The Kier molecular flexibility index (Phi) is 2.41. The largest absolute Gasteiger partial charge is 0.508 e. The molecule has 3 nitrogen and oxygen atoms in total. The number of anilines is 1. The molecule has 2 radical (unpaired) electrons. The average molecular weight is 177 g/mol. The summed E-state index contributed by atoms with van der Waals surface area (Å²) in [6.45, 7) is 3.70. The Morgan fingerprint density at radius 3 is 2.38 bits per heavy atom. The van der Waals surface area contributed by atoms with Gasteiger partial charge in [0.2, 0.25) is 0 Å². The summed E-state index contributed by atoms with van der Waals surface area (Å²) in [5.74, 6) is -0.130. The quantitative estimate of drug-likeness (QED) is 0.434. The van der Waals surface area contributed by atoms with Gasteiger partial charge in [-0.1, -0.05) is 13.8 Å². The number of benzene rings is 1. The highest BCUT2D eigenvalue weighted by molar-refractivity contribution is 6.37. The number of phenols is 2. The van der Waals surface area contributed by atoms with Gasteiger partial charge >= 0.3 is 0 Å². The third-order valence-electron chi connectivity index (χ3n) is 1.97. The van der Waals surface area contributed by atoms with Crippen molar-refractivity contribution in [2.45, 2.75) is 19.8 Å². The van der Waals surface area contributed by atoms with Crippen LogP contribution < -0.4 is 11.2 Å². The van der Waals surface area contributed by atoms with Crippen LogP contribution in [-0.2, 0) is 0 Å². The van der Waals surface area contributed by atoms with E-state index in [1.54, 1.807) is 0 Å². The fraction of sp³-hybridized carbons (Fsp3) is 0.333. The maximum absolute atomic E-state index is 9.56. The molecule has 0 saturated heterocycles. The highest BCUT2D eigenvalue weighted by Crippen LogP contribution is 2.33. The summed E-state index contributed by atoms with van der Waals surface area (Å²) < 4.78 is 0. The fourth-order valence-corrected chi connectivity index (χ4v) is 1.28. The number of hydrogen-bond donors (Lipinski definition) is 3. The normalized spacial score (nSPS) is 10.7. The summed E-state index contributed by atoms with van der Waals surface area (Å²) in [6, 6.07) is 1.35. The second-order valence-corrected chi connectivity index (χ2v) is 3.32. The van der Waals surface area contributed by atoms with Gasteiger partial charge in [-0.15, -0.1) is 0 Å². The maximum atomic E-state index is 9.56. The monoisotopic (exact) mass is 177 g/mol. The Morgan fingerprint density at radius 1 is 1.38 bits per heavy atom. The summed E-state index contributed by atoms with van der Waals surface area (Å²) in [6.07, 6.45) is 0. The Hall–Kier alpha value is -1.32. The second-order valence-electron chi connectivity index (χ2n) is 3.32. The zero-order valence-electron chi connectivity index (χ0n) is 7.70. The summed E-state index contributed by atoms with van der Waals surface area (Å²) in [4.78, 5) is 0. The van der Waals surface area contributed by atoms with Gasteiger partial charge in [-0.05, 0) is 11.4 Å². The second kappa shape index (κ2) is 3.20. The van der Waals surface area contributed by atoms with E-state index in [4.69, 9.17) is 13.6 Å². The standard InChI is InChI=1S/C9H12BNO2/c1-4(2)7-6(12)3-5(11)8(10)9(7)13/h3-4,12-13H,11H2,1-2H3. The Bertz CT molecular complexity index is 337. The highest BCUT2D eigenvalue weighted by Gasteiger charge is 2.15. The number of aromatic hydroxyl groups is 2. The van der Waals surface area contributed by atoms with E-state index in [1.165, 1.54) is 6.07 Å². The molecular weight excluding hydrogens is 165 g/mol. The molecule has 0 atom stereocenters. The van der Waals surface area contributed by atoms with Crippen molar-refractivity contribution in [2.24, 2.45) is 0 Å². The van der Waals surface area contributed by atoms with Crippen molar-refractivity contribution in [2.75, 3.05) is 5.73 Å². The molecule has 0 heterocycles. The molecule has 0 spiro atoms. The van der Waals surface area contributed by atoms with Crippen molar-refractivity contribution in [1.29, 1.82) is 0 Å². The van der Waals surface area contributed by atoms with Gasteiger partial charge in [-0.3, -0.25) is 0 Å². The van der Waals surface area contributed by atoms with Gasteiger partial charge in [0.05, 0.1) is 0 Å². The first kappa shape index (κ1) is 9.77. The van der Waals surface area contributed by atoms with Crippen LogP contribution in [0.5, 0.6) is 11.5 Å². The van der Waals surface area contributed by atoms with Crippen LogP contribution in [0.2, 0.25) is 0 Å². The number of hydrogen-bond acceptors (Lipinski definition) is 3. The van der Waals surface area contributed by atoms with Crippen LogP contribution in [0.25, 0.3) is 0 Å². The zero-order valence-corrected chi connectivity index (χ0v) is 7.70. The van der Waals surface area contributed by atoms with Crippen LogP contribution in [0.4, 0.5) is 5.69 Å². The van der Waals surface area contributed by atoms with Crippen molar-refractivity contribution < 1.29 is 10.2 Å². The van der Waals surface area contributed by atoms with Gasteiger partial charge in [0, 0.05) is 17.3 Å². The molecular formula is C9H12BNO2. The Balaban J connectivity index is 3.44. The third-order valence-corrected chi connectivity index (χ3v) is 1.97. The van der Waals surface area contributed by atoms with E-state index < -0.39 is 0 Å². The van der Waals surface area contributed by atoms with Crippen LogP contribution in [0.3, 0.4) is 0 Å². The van der Waals surface area contributed by atoms with E-state index in [9.17, 15) is 10.2 Å². The van der Waals surface area contributed by atoms with E-state index in [-0.39, 0.29) is 28.6 Å². The van der Waals surface area contributed by atoms with Crippen molar-refractivity contribution in [3.63, 3.8) is 0 Å². The third kappa shape index (κ3) is 1.57. The van der Waals surface area contributed by atoms with E-state index in [0.717, 1.165) is 0 Å². The first-order valence-electron chi connectivity index (χ1n) is 4.05. The first-order chi connectivity index (χ1) is 5.95. The lowest BCUT2D eigenvalue weighted by molar-refractivity contribution is 0.436. The van der Waals surface area contributed by atoms with E-state index in [0.29, 0.717) is 5.56 Å². The molecule has 0 aliphatic rings. The van der Waals surface area contributed by atoms with Gasteiger partial charge in [0.1, 0.15) is 19.3 Å². The molecule has 0 aliphatic heterocycles. The minimum Gasteiger partial charge on any atom is -0.508 e. The predicted molar refractivity (Wildman–Crippen MR) is 53.7 cm³/mol. The smallest absolute Gasteiger partial charge is 0.124 e. The minimum absolute atomic E-state index is 0.00269. The van der Waals surface area contributed by atoms with Crippen molar-refractivity contribution in [1.82, 2.24) is 0 Å². The molecule has 13 heavy (non-hydrogen) atoms.